The zero-order valence-electron chi connectivity index (χ0n) is 15.3. The minimum absolute atomic E-state index is 0.158. The summed E-state index contributed by atoms with van der Waals surface area (Å²) in [6, 6.07) is 21.0. The fraction of sp³-hybridized carbons (Fsp3) is 0.174. The molecule has 1 aliphatic heterocycles. The number of aryl methyl sites for hydroxylation is 1. The number of ether oxygens (including phenoxy) is 3. The van der Waals surface area contributed by atoms with Crippen LogP contribution in [0, 0.1) is 6.92 Å². The lowest BCUT2D eigenvalue weighted by Gasteiger charge is -2.26. The summed E-state index contributed by atoms with van der Waals surface area (Å²) in [5.74, 6) is 1.27. The molecule has 0 unspecified atom stereocenters. The van der Waals surface area contributed by atoms with Gasteiger partial charge in [0, 0.05) is 16.7 Å². The Hall–Kier alpha value is -3.27. The van der Waals surface area contributed by atoms with Gasteiger partial charge < -0.3 is 14.2 Å². The summed E-state index contributed by atoms with van der Waals surface area (Å²) >= 11 is 0. The van der Waals surface area contributed by atoms with Gasteiger partial charge in [0.15, 0.2) is 0 Å². The molecule has 0 bridgehead atoms. The Morgan fingerprint density at radius 1 is 0.963 bits per heavy atom. The molecule has 0 amide bonds. The summed E-state index contributed by atoms with van der Waals surface area (Å²) in [5.41, 5.74) is 3.57. The molecule has 0 radical (unpaired) electrons. The van der Waals surface area contributed by atoms with Crippen LogP contribution < -0.4 is 9.47 Å². The van der Waals surface area contributed by atoms with Crippen molar-refractivity contribution in [3.63, 3.8) is 0 Å². The monoisotopic (exact) mass is 360 g/mol. The van der Waals surface area contributed by atoms with E-state index < -0.39 is 5.92 Å². The molecule has 1 aliphatic rings. The van der Waals surface area contributed by atoms with Crippen molar-refractivity contribution in [3.8, 4) is 17.2 Å². The molecule has 0 aliphatic carbocycles. The van der Waals surface area contributed by atoms with Crippen molar-refractivity contribution in [2.75, 3.05) is 7.11 Å². The second kappa shape index (κ2) is 7.16. The van der Waals surface area contributed by atoms with Crippen molar-refractivity contribution >= 4 is 5.97 Å². The molecule has 4 rings (SSSR count). The first-order valence-electron chi connectivity index (χ1n) is 8.83. The molecule has 3 aromatic carbocycles. The smallest absolute Gasteiger partial charge is 0.318 e. The van der Waals surface area contributed by atoms with Gasteiger partial charge in [-0.2, -0.15) is 0 Å². The maximum atomic E-state index is 13.1. The standard InChI is InChI=1S/C23H20O4/c1-15-11-12-19(25-2)16(13-15)14-26-23(24)22-17-7-3-5-9-20(17)27-21-10-6-4-8-18(21)22/h3-13,22H,14H2,1-2H3. The van der Waals surface area contributed by atoms with E-state index in [9.17, 15) is 4.79 Å². The summed E-state index contributed by atoms with van der Waals surface area (Å²) in [7, 11) is 1.61. The second-order valence-corrected chi connectivity index (χ2v) is 6.53. The fourth-order valence-electron chi connectivity index (χ4n) is 3.42. The van der Waals surface area contributed by atoms with Crippen molar-refractivity contribution < 1.29 is 19.0 Å². The zero-order chi connectivity index (χ0) is 18.8. The lowest BCUT2D eigenvalue weighted by molar-refractivity contribution is -0.145. The lowest BCUT2D eigenvalue weighted by Crippen LogP contribution is -2.21. The molecule has 0 atom stereocenters. The average Bonchev–Trinajstić information content (AvgIpc) is 2.70. The molecule has 136 valence electrons. The topological polar surface area (TPSA) is 44.8 Å². The maximum Gasteiger partial charge on any atom is 0.318 e. The Bertz CT molecular complexity index is 948. The number of hydrogen-bond donors (Lipinski definition) is 0. The van der Waals surface area contributed by atoms with Crippen LogP contribution >= 0.6 is 0 Å². The average molecular weight is 360 g/mol. The van der Waals surface area contributed by atoms with Gasteiger partial charge >= 0.3 is 5.97 Å². The quantitative estimate of drug-likeness (QED) is 0.615. The SMILES string of the molecule is COc1ccc(C)cc1COC(=O)C1c2ccccc2Oc2ccccc21. The van der Waals surface area contributed by atoms with Gasteiger partial charge in [-0.1, -0.05) is 48.0 Å². The highest BCUT2D eigenvalue weighted by molar-refractivity contribution is 5.85. The number of methoxy groups -OCH3 is 1. The molecule has 1 heterocycles. The van der Waals surface area contributed by atoms with Crippen molar-refractivity contribution in [1.82, 2.24) is 0 Å². The van der Waals surface area contributed by atoms with Gasteiger partial charge in [-0.15, -0.1) is 0 Å². The molecular weight excluding hydrogens is 340 g/mol. The highest BCUT2D eigenvalue weighted by atomic mass is 16.5. The third-order valence-electron chi connectivity index (χ3n) is 4.72. The van der Waals surface area contributed by atoms with Gasteiger partial charge in [0.1, 0.15) is 29.8 Å². The Morgan fingerprint density at radius 2 is 1.59 bits per heavy atom. The number of hydrogen-bond acceptors (Lipinski definition) is 4. The lowest BCUT2D eigenvalue weighted by atomic mass is 9.88. The fourth-order valence-corrected chi connectivity index (χ4v) is 3.42. The van der Waals surface area contributed by atoms with Gasteiger partial charge in [-0.05, 0) is 31.2 Å². The van der Waals surface area contributed by atoms with Crippen LogP contribution in [0.15, 0.2) is 66.7 Å². The summed E-state index contributed by atoms with van der Waals surface area (Å²) in [6.07, 6.45) is 0. The van der Waals surface area contributed by atoms with E-state index in [-0.39, 0.29) is 12.6 Å². The maximum absolute atomic E-state index is 13.1. The Kier molecular flexibility index (Phi) is 4.55. The third kappa shape index (κ3) is 3.26. The first-order chi connectivity index (χ1) is 13.2. The van der Waals surface area contributed by atoms with Crippen LogP contribution in [0.2, 0.25) is 0 Å². The first kappa shape index (κ1) is 17.2. The summed E-state index contributed by atoms with van der Waals surface area (Å²) < 4.78 is 17.0. The summed E-state index contributed by atoms with van der Waals surface area (Å²) in [5, 5.41) is 0. The summed E-state index contributed by atoms with van der Waals surface area (Å²) in [6.45, 7) is 2.15. The van der Waals surface area contributed by atoms with Crippen LogP contribution in [-0.2, 0) is 16.1 Å². The van der Waals surface area contributed by atoms with Gasteiger partial charge in [0.2, 0.25) is 0 Å². The van der Waals surface area contributed by atoms with Crippen molar-refractivity contribution in [2.45, 2.75) is 19.4 Å². The van der Waals surface area contributed by atoms with E-state index in [1.807, 2.05) is 73.7 Å². The number of benzene rings is 3. The Morgan fingerprint density at radius 3 is 2.22 bits per heavy atom. The number of rotatable bonds is 4. The molecule has 3 aromatic rings. The molecule has 4 nitrogen and oxygen atoms in total. The zero-order valence-corrected chi connectivity index (χ0v) is 15.3. The van der Waals surface area contributed by atoms with Crippen LogP contribution in [0.25, 0.3) is 0 Å². The largest absolute Gasteiger partial charge is 0.496 e. The predicted octanol–water partition coefficient (Wildman–Crippen LogP) is 4.98. The highest BCUT2D eigenvalue weighted by Gasteiger charge is 2.33. The van der Waals surface area contributed by atoms with Crippen LogP contribution in [0.4, 0.5) is 0 Å². The normalized spacial score (nSPS) is 12.5. The van der Waals surface area contributed by atoms with E-state index in [2.05, 4.69) is 0 Å². The van der Waals surface area contributed by atoms with Gasteiger partial charge in [-0.3, -0.25) is 4.79 Å². The molecule has 0 N–H and O–H groups in total. The van der Waals surface area contributed by atoms with Gasteiger partial charge in [0.05, 0.1) is 7.11 Å². The molecule has 0 saturated carbocycles. The molecule has 4 heteroatoms. The molecule has 0 spiro atoms. The minimum atomic E-state index is -0.512. The Balaban J connectivity index is 1.64. The van der Waals surface area contributed by atoms with Crippen LogP contribution in [0.5, 0.6) is 17.2 Å². The van der Waals surface area contributed by atoms with Gasteiger partial charge in [-0.25, -0.2) is 0 Å². The van der Waals surface area contributed by atoms with Crippen molar-refractivity contribution in [2.24, 2.45) is 0 Å². The number of carbonyl (C=O) groups is 1. The van der Waals surface area contributed by atoms with Crippen LogP contribution in [0.1, 0.15) is 28.2 Å². The molecular formula is C23H20O4. The third-order valence-corrected chi connectivity index (χ3v) is 4.72. The van der Waals surface area contributed by atoms with E-state index in [1.54, 1.807) is 7.11 Å². The predicted molar refractivity (Wildman–Crippen MR) is 102 cm³/mol. The second-order valence-electron chi connectivity index (χ2n) is 6.53. The number of carbonyl (C=O) groups excluding carboxylic acids is 1. The van der Waals surface area contributed by atoms with E-state index >= 15 is 0 Å². The van der Waals surface area contributed by atoms with Crippen molar-refractivity contribution in [1.29, 1.82) is 0 Å². The number of esters is 1. The molecule has 27 heavy (non-hydrogen) atoms. The van der Waals surface area contributed by atoms with E-state index in [1.165, 1.54) is 0 Å². The highest BCUT2D eigenvalue weighted by Crippen LogP contribution is 2.44. The minimum Gasteiger partial charge on any atom is -0.496 e. The van der Waals surface area contributed by atoms with Crippen LogP contribution in [0.3, 0.4) is 0 Å². The van der Waals surface area contributed by atoms with E-state index in [0.29, 0.717) is 17.2 Å². The Labute approximate surface area is 158 Å². The van der Waals surface area contributed by atoms with Gasteiger partial charge in [0.25, 0.3) is 0 Å². The first-order valence-corrected chi connectivity index (χ1v) is 8.83. The van der Waals surface area contributed by atoms with E-state index in [0.717, 1.165) is 22.3 Å². The molecule has 0 saturated heterocycles. The number of para-hydroxylation sites is 2. The molecule has 0 fully saturated rings. The number of fused-ring (bicyclic) bond motifs is 2. The summed E-state index contributed by atoms with van der Waals surface area (Å²) in [4.78, 5) is 13.1. The van der Waals surface area contributed by atoms with Crippen LogP contribution in [-0.4, -0.2) is 13.1 Å². The van der Waals surface area contributed by atoms with Crippen molar-refractivity contribution in [3.05, 3.63) is 89.0 Å². The molecule has 0 aromatic heterocycles. The van der Waals surface area contributed by atoms with E-state index in [4.69, 9.17) is 14.2 Å².